The molecule has 4 heteroatoms. The van der Waals surface area contributed by atoms with E-state index in [2.05, 4.69) is 16.4 Å². The zero-order chi connectivity index (χ0) is 16.8. The summed E-state index contributed by atoms with van der Waals surface area (Å²) in [4.78, 5) is 7.44. The number of nitrogens with zero attached hydrogens (tertiary/aromatic N) is 3. The molecule has 2 aliphatic rings. The van der Waals surface area contributed by atoms with Crippen molar-refractivity contribution in [1.29, 1.82) is 0 Å². The van der Waals surface area contributed by atoms with Gasteiger partial charge in [-0.05, 0) is 51.0 Å². The molecule has 1 aromatic heterocycles. The fourth-order valence-corrected chi connectivity index (χ4v) is 4.64. The Hall–Kier alpha value is -0.870. The number of likely N-dealkylation sites (tertiary alicyclic amines) is 1. The van der Waals surface area contributed by atoms with E-state index in [1.165, 1.54) is 76.1 Å². The van der Waals surface area contributed by atoms with Crippen molar-refractivity contribution in [1.82, 2.24) is 14.5 Å². The van der Waals surface area contributed by atoms with E-state index in [9.17, 15) is 0 Å². The van der Waals surface area contributed by atoms with Gasteiger partial charge in [-0.1, -0.05) is 19.3 Å². The van der Waals surface area contributed by atoms with Crippen LogP contribution in [0.2, 0.25) is 0 Å². The van der Waals surface area contributed by atoms with Gasteiger partial charge in [0.25, 0.3) is 0 Å². The van der Waals surface area contributed by atoms with Crippen LogP contribution in [0.15, 0.2) is 6.20 Å². The molecule has 0 aromatic carbocycles. The second-order valence-corrected chi connectivity index (χ2v) is 7.94. The molecule has 1 atom stereocenters. The van der Waals surface area contributed by atoms with Gasteiger partial charge in [-0.3, -0.25) is 0 Å². The third kappa shape index (κ3) is 4.82. The first-order valence-electron chi connectivity index (χ1n) is 9.98. The van der Waals surface area contributed by atoms with E-state index in [1.807, 2.05) is 6.20 Å². The number of hydrogen-bond acceptors (Lipinski definition) is 3. The summed E-state index contributed by atoms with van der Waals surface area (Å²) in [5.41, 5.74) is 1.26. The Balaban J connectivity index is 1.53. The van der Waals surface area contributed by atoms with Crippen molar-refractivity contribution in [2.75, 3.05) is 33.4 Å². The van der Waals surface area contributed by atoms with E-state index in [0.717, 1.165) is 31.4 Å². The van der Waals surface area contributed by atoms with Crippen LogP contribution < -0.4 is 0 Å². The van der Waals surface area contributed by atoms with Gasteiger partial charge >= 0.3 is 0 Å². The molecule has 0 amide bonds. The van der Waals surface area contributed by atoms with Crippen LogP contribution in [0.1, 0.15) is 56.5 Å². The van der Waals surface area contributed by atoms with Gasteiger partial charge in [0.2, 0.25) is 0 Å². The average Bonchev–Trinajstić information content (AvgIpc) is 2.94. The van der Waals surface area contributed by atoms with E-state index < -0.39 is 0 Å². The number of aryl methyl sites for hydroxylation is 1. The lowest BCUT2D eigenvalue weighted by atomic mass is 9.87. The van der Waals surface area contributed by atoms with Crippen molar-refractivity contribution in [3.05, 3.63) is 17.7 Å². The predicted molar refractivity (Wildman–Crippen MR) is 98.3 cm³/mol. The van der Waals surface area contributed by atoms with Crippen LogP contribution in [0.4, 0.5) is 0 Å². The molecule has 1 unspecified atom stereocenters. The Labute approximate surface area is 147 Å². The molecule has 0 N–H and O–H groups in total. The van der Waals surface area contributed by atoms with Crippen molar-refractivity contribution < 1.29 is 4.74 Å². The number of piperidine rings is 1. The monoisotopic (exact) mass is 333 g/mol. The molecule has 1 saturated carbocycles. The van der Waals surface area contributed by atoms with Crippen LogP contribution >= 0.6 is 0 Å². The minimum atomic E-state index is 0.767. The maximum Gasteiger partial charge on any atom is 0.109 e. The van der Waals surface area contributed by atoms with E-state index in [-0.39, 0.29) is 0 Å². The summed E-state index contributed by atoms with van der Waals surface area (Å²) < 4.78 is 7.61. The minimum Gasteiger partial charge on any atom is -0.383 e. The third-order valence-corrected chi connectivity index (χ3v) is 5.97. The predicted octanol–water partition coefficient (Wildman–Crippen LogP) is 3.67. The Bertz CT molecular complexity index is 493. The van der Waals surface area contributed by atoms with Crippen LogP contribution in [0.25, 0.3) is 0 Å². The second kappa shape index (κ2) is 9.00. The molecule has 1 saturated heterocycles. The number of aromatic nitrogens is 2. The van der Waals surface area contributed by atoms with Gasteiger partial charge in [0.1, 0.15) is 5.82 Å². The molecule has 1 aliphatic carbocycles. The van der Waals surface area contributed by atoms with E-state index in [0.29, 0.717) is 0 Å². The SMILES string of the molecule is COCCn1c(C)cnc1CC1CCCN(CC2CCCCC2)C1. The number of rotatable bonds is 7. The molecule has 1 aromatic rings. The number of hydrogen-bond donors (Lipinski definition) is 0. The number of methoxy groups -OCH3 is 1. The van der Waals surface area contributed by atoms with Crippen molar-refractivity contribution >= 4 is 0 Å². The summed E-state index contributed by atoms with van der Waals surface area (Å²) in [6.07, 6.45) is 13.2. The molecular formula is C20H35N3O. The Morgan fingerprint density at radius 3 is 2.71 bits per heavy atom. The largest absolute Gasteiger partial charge is 0.383 e. The molecular weight excluding hydrogens is 298 g/mol. The molecule has 24 heavy (non-hydrogen) atoms. The summed E-state index contributed by atoms with van der Waals surface area (Å²) in [5, 5.41) is 0. The highest BCUT2D eigenvalue weighted by atomic mass is 16.5. The quantitative estimate of drug-likeness (QED) is 0.762. The van der Waals surface area contributed by atoms with Gasteiger partial charge in [-0.2, -0.15) is 0 Å². The smallest absolute Gasteiger partial charge is 0.109 e. The van der Waals surface area contributed by atoms with Crippen LogP contribution in [0.5, 0.6) is 0 Å². The lowest BCUT2D eigenvalue weighted by Gasteiger charge is -2.36. The molecule has 1 aliphatic heterocycles. The maximum absolute atomic E-state index is 5.26. The number of imidazole rings is 1. The number of ether oxygens (including phenoxy) is 1. The topological polar surface area (TPSA) is 30.3 Å². The Kier molecular flexibility index (Phi) is 6.73. The fourth-order valence-electron chi connectivity index (χ4n) is 4.64. The Morgan fingerprint density at radius 2 is 1.92 bits per heavy atom. The van der Waals surface area contributed by atoms with Crippen molar-refractivity contribution in [2.24, 2.45) is 11.8 Å². The van der Waals surface area contributed by atoms with Gasteiger partial charge < -0.3 is 14.2 Å². The first kappa shape index (κ1) is 17.9. The average molecular weight is 334 g/mol. The van der Waals surface area contributed by atoms with Crippen molar-refractivity contribution in [2.45, 2.75) is 64.8 Å². The Morgan fingerprint density at radius 1 is 1.12 bits per heavy atom. The molecule has 3 rings (SSSR count). The van der Waals surface area contributed by atoms with Crippen LogP contribution in [-0.2, 0) is 17.7 Å². The maximum atomic E-state index is 5.26. The molecule has 2 fully saturated rings. The third-order valence-electron chi connectivity index (χ3n) is 5.97. The summed E-state index contributed by atoms with van der Waals surface area (Å²) in [7, 11) is 1.77. The summed E-state index contributed by atoms with van der Waals surface area (Å²) in [6.45, 7) is 7.77. The molecule has 2 heterocycles. The highest BCUT2D eigenvalue weighted by molar-refractivity contribution is 5.04. The molecule has 0 spiro atoms. The van der Waals surface area contributed by atoms with Gasteiger partial charge in [-0.15, -0.1) is 0 Å². The van der Waals surface area contributed by atoms with E-state index in [1.54, 1.807) is 7.11 Å². The van der Waals surface area contributed by atoms with E-state index in [4.69, 9.17) is 9.72 Å². The highest BCUT2D eigenvalue weighted by Gasteiger charge is 2.24. The summed E-state index contributed by atoms with van der Waals surface area (Å²) in [6, 6.07) is 0. The highest BCUT2D eigenvalue weighted by Crippen LogP contribution is 2.27. The van der Waals surface area contributed by atoms with Gasteiger partial charge in [0, 0.05) is 45.1 Å². The molecule has 4 nitrogen and oxygen atoms in total. The normalized spacial score (nSPS) is 23.7. The van der Waals surface area contributed by atoms with Crippen LogP contribution in [0.3, 0.4) is 0 Å². The molecule has 0 bridgehead atoms. The van der Waals surface area contributed by atoms with Gasteiger partial charge in [0.05, 0.1) is 6.61 Å². The second-order valence-electron chi connectivity index (χ2n) is 7.94. The van der Waals surface area contributed by atoms with Crippen molar-refractivity contribution in [3.63, 3.8) is 0 Å². The first-order valence-corrected chi connectivity index (χ1v) is 9.98. The zero-order valence-corrected chi connectivity index (χ0v) is 15.7. The molecule has 0 radical (unpaired) electrons. The van der Waals surface area contributed by atoms with Gasteiger partial charge in [0.15, 0.2) is 0 Å². The molecule has 136 valence electrons. The first-order chi connectivity index (χ1) is 11.8. The van der Waals surface area contributed by atoms with Gasteiger partial charge in [-0.25, -0.2) is 4.98 Å². The summed E-state index contributed by atoms with van der Waals surface area (Å²) >= 11 is 0. The van der Waals surface area contributed by atoms with E-state index >= 15 is 0 Å². The van der Waals surface area contributed by atoms with Crippen LogP contribution in [0, 0.1) is 18.8 Å². The zero-order valence-electron chi connectivity index (χ0n) is 15.7. The van der Waals surface area contributed by atoms with Crippen LogP contribution in [-0.4, -0.2) is 47.8 Å². The fraction of sp³-hybridized carbons (Fsp3) is 0.850. The standard InChI is InChI=1S/C20H35N3O/c1-17-14-21-20(23(17)11-12-24-2)13-19-9-6-10-22(16-19)15-18-7-4-3-5-8-18/h14,18-19H,3-13,15-16H2,1-2H3. The lowest BCUT2D eigenvalue weighted by molar-refractivity contribution is 0.135. The minimum absolute atomic E-state index is 0.767. The summed E-state index contributed by atoms with van der Waals surface area (Å²) in [5.74, 6) is 2.99. The van der Waals surface area contributed by atoms with Crippen molar-refractivity contribution in [3.8, 4) is 0 Å². The lowest BCUT2D eigenvalue weighted by Crippen LogP contribution is -2.39.